The molecule has 224 valence electrons. The number of benzene rings is 4. The van der Waals surface area contributed by atoms with Crippen LogP contribution in [-0.2, 0) is 10.9 Å². The number of ether oxygens (including phenoxy) is 2. The second-order valence-electron chi connectivity index (χ2n) is 10.3. The fourth-order valence-electron chi connectivity index (χ4n) is 5.79. The number of carbonyl (C=O) groups excluding carboxylic acids is 1. The van der Waals surface area contributed by atoms with Gasteiger partial charge in [-0.15, -0.1) is 0 Å². The molecule has 0 amide bonds. The van der Waals surface area contributed by atoms with Gasteiger partial charge in [-0.05, 0) is 81.8 Å². The Balaban J connectivity index is 1.68. The van der Waals surface area contributed by atoms with Crippen LogP contribution in [0.15, 0.2) is 84.9 Å². The van der Waals surface area contributed by atoms with Gasteiger partial charge in [0.2, 0.25) is 0 Å². The van der Waals surface area contributed by atoms with Crippen LogP contribution in [0.25, 0.3) is 0 Å². The fraction of sp³-hybridized carbons (Fsp3) is 0.286. The molecule has 0 spiro atoms. The largest absolute Gasteiger partial charge is 0.462 e. The van der Waals surface area contributed by atoms with Crippen molar-refractivity contribution in [3.05, 3.63) is 113 Å². The van der Waals surface area contributed by atoms with Gasteiger partial charge in [-0.2, -0.15) is 13.2 Å². The summed E-state index contributed by atoms with van der Waals surface area (Å²) < 4.78 is 52.5. The van der Waals surface area contributed by atoms with Crippen molar-refractivity contribution in [2.45, 2.75) is 39.8 Å². The molecule has 0 N–H and O–H groups in total. The minimum absolute atomic E-state index is 0.244. The molecule has 0 radical (unpaired) electrons. The van der Waals surface area contributed by atoms with Gasteiger partial charge in [0.15, 0.2) is 0 Å². The molecule has 1 atom stereocenters. The van der Waals surface area contributed by atoms with Gasteiger partial charge in [-0.1, -0.05) is 30.3 Å². The number of nitrogens with zero attached hydrogens (tertiary/aromatic N) is 2. The SMILES string of the molecule is CCOC(=O)c1ccccc1C1c2ccc(N(CC)CC)cc2Oc2ccc(N(CC)c3cccc(C(F)(F)F)c3)cc21. The molecule has 1 aliphatic rings. The molecule has 5 rings (SSSR count). The Morgan fingerprint density at radius 2 is 1.47 bits per heavy atom. The first-order valence-corrected chi connectivity index (χ1v) is 14.6. The van der Waals surface area contributed by atoms with E-state index in [2.05, 4.69) is 24.8 Å². The highest BCUT2D eigenvalue weighted by molar-refractivity contribution is 5.92. The first kappa shape index (κ1) is 30.0. The van der Waals surface area contributed by atoms with Crippen molar-refractivity contribution in [1.82, 2.24) is 0 Å². The van der Waals surface area contributed by atoms with Crippen LogP contribution in [-0.4, -0.2) is 32.2 Å². The number of carbonyl (C=O) groups is 1. The van der Waals surface area contributed by atoms with Crippen molar-refractivity contribution in [1.29, 1.82) is 0 Å². The van der Waals surface area contributed by atoms with E-state index in [1.165, 1.54) is 6.07 Å². The Hall–Kier alpha value is -4.46. The van der Waals surface area contributed by atoms with Crippen molar-refractivity contribution in [2.75, 3.05) is 36.0 Å². The van der Waals surface area contributed by atoms with Gasteiger partial charge >= 0.3 is 12.1 Å². The molecule has 4 aromatic rings. The quantitative estimate of drug-likeness (QED) is 0.161. The summed E-state index contributed by atoms with van der Waals surface area (Å²) in [7, 11) is 0. The Morgan fingerprint density at radius 1 is 0.744 bits per heavy atom. The number of alkyl halides is 3. The van der Waals surface area contributed by atoms with Crippen LogP contribution in [0, 0.1) is 0 Å². The second kappa shape index (κ2) is 12.4. The Bertz CT molecular complexity index is 1610. The molecule has 0 bridgehead atoms. The summed E-state index contributed by atoms with van der Waals surface area (Å²) in [5.41, 5.74) is 4.39. The predicted molar refractivity (Wildman–Crippen MR) is 164 cm³/mol. The molecule has 43 heavy (non-hydrogen) atoms. The molecular formula is C35H35F3N2O3. The summed E-state index contributed by atoms with van der Waals surface area (Å²) in [4.78, 5) is 17.2. The predicted octanol–water partition coefficient (Wildman–Crippen LogP) is 9.17. The third kappa shape index (κ3) is 5.91. The van der Waals surface area contributed by atoms with E-state index in [1.54, 1.807) is 19.1 Å². The number of anilines is 3. The number of hydrogen-bond donors (Lipinski definition) is 0. The Kier molecular flexibility index (Phi) is 8.67. The van der Waals surface area contributed by atoms with Gasteiger partial charge in [0.05, 0.1) is 17.7 Å². The minimum atomic E-state index is -4.45. The molecule has 0 fully saturated rings. The van der Waals surface area contributed by atoms with Crippen LogP contribution in [0.2, 0.25) is 0 Å². The Labute approximate surface area is 250 Å². The molecular weight excluding hydrogens is 553 g/mol. The summed E-state index contributed by atoms with van der Waals surface area (Å²) >= 11 is 0. The smallest absolute Gasteiger partial charge is 0.416 e. The molecule has 1 unspecified atom stereocenters. The monoisotopic (exact) mass is 588 g/mol. The standard InChI is InChI=1S/C35H35F3N2O3/c1-5-39(6-2)24-16-18-29-32(22-24)43-31-19-17-26(40(7-3)25-13-11-12-23(20-25)35(36,37)38)21-30(31)33(29)27-14-9-10-15-28(27)34(41)42-8-4/h9-22,33H,5-8H2,1-4H3. The number of esters is 1. The van der Waals surface area contributed by atoms with Crippen molar-refractivity contribution in [3.8, 4) is 11.5 Å². The maximum atomic E-state index is 13.5. The lowest BCUT2D eigenvalue weighted by atomic mass is 9.80. The number of fused-ring (bicyclic) bond motifs is 2. The third-order valence-electron chi connectivity index (χ3n) is 7.84. The molecule has 4 aromatic carbocycles. The molecule has 0 aliphatic carbocycles. The average molecular weight is 589 g/mol. The normalized spacial score (nSPS) is 13.9. The van der Waals surface area contributed by atoms with Gasteiger partial charge in [-0.25, -0.2) is 4.79 Å². The van der Waals surface area contributed by atoms with E-state index >= 15 is 0 Å². The van der Waals surface area contributed by atoms with E-state index in [0.29, 0.717) is 35.0 Å². The number of hydrogen-bond acceptors (Lipinski definition) is 5. The lowest BCUT2D eigenvalue weighted by Gasteiger charge is -2.33. The van der Waals surface area contributed by atoms with Crippen LogP contribution < -0.4 is 14.5 Å². The topological polar surface area (TPSA) is 42.0 Å². The molecule has 0 aromatic heterocycles. The third-order valence-corrected chi connectivity index (χ3v) is 7.84. The molecule has 0 saturated carbocycles. The highest BCUT2D eigenvalue weighted by atomic mass is 19.4. The summed E-state index contributed by atoms with van der Waals surface area (Å²) in [5.74, 6) is 0.517. The van der Waals surface area contributed by atoms with E-state index in [4.69, 9.17) is 9.47 Å². The maximum Gasteiger partial charge on any atom is 0.416 e. The molecule has 0 saturated heterocycles. The lowest BCUT2D eigenvalue weighted by molar-refractivity contribution is -0.137. The zero-order valence-electron chi connectivity index (χ0n) is 24.7. The second-order valence-corrected chi connectivity index (χ2v) is 10.3. The van der Waals surface area contributed by atoms with E-state index in [0.717, 1.165) is 47.6 Å². The van der Waals surface area contributed by atoms with E-state index in [-0.39, 0.29) is 12.5 Å². The minimum Gasteiger partial charge on any atom is -0.462 e. The van der Waals surface area contributed by atoms with Crippen molar-refractivity contribution < 1.29 is 27.4 Å². The average Bonchev–Trinajstić information content (AvgIpc) is 3.01. The lowest BCUT2D eigenvalue weighted by Crippen LogP contribution is -2.22. The Morgan fingerprint density at radius 3 is 2.16 bits per heavy atom. The van der Waals surface area contributed by atoms with Crippen molar-refractivity contribution in [3.63, 3.8) is 0 Å². The van der Waals surface area contributed by atoms with Gasteiger partial charge in [-0.3, -0.25) is 0 Å². The maximum absolute atomic E-state index is 13.5. The summed E-state index contributed by atoms with van der Waals surface area (Å²) in [6.07, 6.45) is -4.45. The van der Waals surface area contributed by atoms with Gasteiger partial charge in [0, 0.05) is 59.8 Å². The van der Waals surface area contributed by atoms with Crippen LogP contribution in [0.4, 0.5) is 30.2 Å². The summed E-state index contributed by atoms with van der Waals surface area (Å²) in [6.45, 7) is 10.2. The summed E-state index contributed by atoms with van der Waals surface area (Å²) in [5, 5.41) is 0. The molecule has 8 heteroatoms. The first-order valence-electron chi connectivity index (χ1n) is 14.6. The van der Waals surface area contributed by atoms with Crippen molar-refractivity contribution >= 4 is 23.0 Å². The van der Waals surface area contributed by atoms with Crippen LogP contribution in [0.1, 0.15) is 66.2 Å². The van der Waals surface area contributed by atoms with Gasteiger partial charge < -0.3 is 19.3 Å². The zero-order valence-corrected chi connectivity index (χ0v) is 24.7. The molecule has 5 nitrogen and oxygen atoms in total. The molecule has 1 heterocycles. The fourth-order valence-corrected chi connectivity index (χ4v) is 5.79. The van der Waals surface area contributed by atoms with Crippen molar-refractivity contribution in [2.24, 2.45) is 0 Å². The van der Waals surface area contributed by atoms with Crippen LogP contribution in [0.5, 0.6) is 11.5 Å². The summed E-state index contributed by atoms with van der Waals surface area (Å²) in [6, 6.07) is 24.5. The van der Waals surface area contributed by atoms with E-state index < -0.39 is 17.7 Å². The highest BCUT2D eigenvalue weighted by Crippen LogP contribution is 2.50. The van der Waals surface area contributed by atoms with Crippen LogP contribution in [0.3, 0.4) is 0 Å². The first-order chi connectivity index (χ1) is 20.7. The zero-order chi connectivity index (χ0) is 30.7. The van der Waals surface area contributed by atoms with Crippen LogP contribution >= 0.6 is 0 Å². The van der Waals surface area contributed by atoms with E-state index in [1.807, 2.05) is 60.4 Å². The molecule has 1 aliphatic heterocycles. The number of rotatable bonds is 9. The number of halogens is 3. The van der Waals surface area contributed by atoms with E-state index in [9.17, 15) is 18.0 Å². The van der Waals surface area contributed by atoms with Gasteiger partial charge in [0.1, 0.15) is 11.5 Å². The highest BCUT2D eigenvalue weighted by Gasteiger charge is 2.34. The van der Waals surface area contributed by atoms with Gasteiger partial charge in [0.25, 0.3) is 0 Å².